The Bertz CT molecular complexity index is 1520. The van der Waals surface area contributed by atoms with Crippen molar-refractivity contribution < 1.29 is 42.3 Å². The molecule has 1 aromatic heterocycles. The molecule has 1 saturated carbocycles. The van der Waals surface area contributed by atoms with Crippen molar-refractivity contribution in [3.05, 3.63) is 128 Å². The Labute approximate surface area is 307 Å². The number of ether oxygens (including phenoxy) is 1. The van der Waals surface area contributed by atoms with E-state index in [0.717, 1.165) is 33.1 Å². The van der Waals surface area contributed by atoms with Crippen molar-refractivity contribution >= 4 is 38.4 Å². The monoisotopic (exact) mass is 765 g/mol. The van der Waals surface area contributed by atoms with Gasteiger partial charge < -0.3 is 15.1 Å². The number of rotatable bonds is 6. The van der Waals surface area contributed by atoms with Crippen LogP contribution in [0.25, 0.3) is 16.4 Å². The fourth-order valence-electron chi connectivity index (χ4n) is 4.52. The molecule has 8 heteroatoms. The Morgan fingerprint density at radius 2 is 1.49 bits per heavy atom. The number of epoxide rings is 1. The van der Waals surface area contributed by atoms with Gasteiger partial charge in [0.2, 0.25) is 0 Å². The van der Waals surface area contributed by atoms with Crippen LogP contribution in [0.4, 0.5) is 0 Å². The number of benzene rings is 3. The van der Waals surface area contributed by atoms with E-state index in [9.17, 15) is 0 Å². The predicted octanol–water partition coefficient (Wildman–Crippen LogP) is 10.8. The molecule has 7 rings (SSSR count). The third-order valence-electron chi connectivity index (χ3n) is 6.77. The van der Waals surface area contributed by atoms with Gasteiger partial charge in [0.1, 0.15) is 5.54 Å². The van der Waals surface area contributed by atoms with Gasteiger partial charge in [0.15, 0.2) is 0 Å². The van der Waals surface area contributed by atoms with Crippen LogP contribution in [0.1, 0.15) is 71.9 Å². The number of fused-ring (bicyclic) bond motifs is 1. The maximum absolute atomic E-state index is 6.30. The average Bonchev–Trinajstić information content (AvgIpc) is 3.93. The molecule has 1 radical (unpaired) electrons. The zero-order valence-corrected chi connectivity index (χ0v) is 32.4. The molecule has 3 aromatic carbocycles. The van der Waals surface area contributed by atoms with Gasteiger partial charge in [-0.2, -0.15) is 5.10 Å². The van der Waals surface area contributed by atoms with E-state index in [4.69, 9.17) is 26.3 Å². The summed E-state index contributed by atoms with van der Waals surface area (Å²) in [6.45, 7) is 13.8. The van der Waals surface area contributed by atoms with E-state index in [0.29, 0.717) is 17.7 Å². The molecule has 1 saturated heterocycles. The summed E-state index contributed by atoms with van der Waals surface area (Å²) < 4.78 is 7.73. The largest absolute Gasteiger partial charge is 0.529 e. The number of hydrogen-bond acceptors (Lipinski definition) is 3. The summed E-state index contributed by atoms with van der Waals surface area (Å²) >= 11 is 9.96. The molecule has 4 aromatic rings. The summed E-state index contributed by atoms with van der Waals surface area (Å²) in [6, 6.07) is 24.9. The topological polar surface area (TPSA) is 53.7 Å². The molecule has 45 heavy (non-hydrogen) atoms. The quantitative estimate of drug-likeness (QED) is 0.145. The molecule has 2 fully saturated rings. The van der Waals surface area contributed by atoms with Gasteiger partial charge in [-0.05, 0) is 65.5 Å². The van der Waals surface area contributed by atoms with Crippen LogP contribution >= 0.6 is 27.5 Å². The Kier molecular flexibility index (Phi) is 14.7. The number of hydrogen-bond donors (Lipinski definition) is 0. The van der Waals surface area contributed by atoms with Crippen LogP contribution in [0.2, 0.25) is 5.02 Å². The second-order valence-electron chi connectivity index (χ2n) is 12.2. The van der Waals surface area contributed by atoms with Crippen molar-refractivity contribution in [2.45, 2.75) is 78.0 Å². The standard InChI is InChI=1S/C25H18BrClN2.C6H14NO.C3H6O.C3H6.Y/c1-17-12-20(13-17)25(18-8-4-2-5-9-18,19-10-6-3-7-11-19)29-16-22-23(26)14-21(27)15-24(22)28-29;1-5-8-7-6(2,3)4;1-3-2-4-3;1-2-3-1;/h2-16H,1H3;5H2,1-4H3;3H,2H2,1H3;1-3H2;/q;-1;;;. The minimum atomic E-state index is -0.563. The van der Waals surface area contributed by atoms with Gasteiger partial charge in [0.05, 0.1) is 18.2 Å². The Hall–Kier alpha value is -1.64. The average molecular weight is 767 g/mol. The molecule has 2 aliphatic carbocycles. The van der Waals surface area contributed by atoms with Gasteiger partial charge in [0, 0.05) is 60.4 Å². The van der Waals surface area contributed by atoms with Crippen LogP contribution in [-0.2, 0) is 47.8 Å². The van der Waals surface area contributed by atoms with Gasteiger partial charge in [-0.1, -0.05) is 130 Å². The minimum absolute atomic E-state index is 0. The zero-order chi connectivity index (χ0) is 31.7. The Morgan fingerprint density at radius 3 is 1.87 bits per heavy atom. The second kappa shape index (κ2) is 17.5. The van der Waals surface area contributed by atoms with Crippen molar-refractivity contribution in [2.24, 2.45) is 0 Å². The minimum Gasteiger partial charge on any atom is -0.529 e. The van der Waals surface area contributed by atoms with Crippen LogP contribution in [0, 0.1) is 0 Å². The van der Waals surface area contributed by atoms with E-state index in [1.807, 2.05) is 52.0 Å². The van der Waals surface area contributed by atoms with Crippen molar-refractivity contribution in [2.75, 3.05) is 13.2 Å². The number of allylic oxidation sites excluding steroid dienone is 4. The van der Waals surface area contributed by atoms with E-state index >= 15 is 0 Å². The molecule has 1 unspecified atom stereocenters. The molecular formula is C37H44BrClN3O2Y-. The van der Waals surface area contributed by atoms with Gasteiger partial charge in [-0.15, -0.1) is 5.54 Å². The van der Waals surface area contributed by atoms with Crippen LogP contribution < -0.4 is 0 Å². The van der Waals surface area contributed by atoms with Crippen molar-refractivity contribution in [3.8, 4) is 0 Å². The SMILES string of the molecule is C1CC1.CC1=CC(C(c2ccccc2)(c2ccccc2)n2cc3c(Br)cc(Cl)cc3n2)=C1.CC1CO1.CCO[N-]C(C)(C)C.[Y]. The molecule has 1 atom stereocenters. The van der Waals surface area contributed by atoms with Crippen molar-refractivity contribution in [1.82, 2.24) is 9.78 Å². The van der Waals surface area contributed by atoms with Gasteiger partial charge in [-0.25, -0.2) is 0 Å². The molecule has 2 heterocycles. The molecule has 0 spiro atoms. The third-order valence-corrected chi connectivity index (χ3v) is 7.65. The summed E-state index contributed by atoms with van der Waals surface area (Å²) in [5, 5.41) is 6.72. The smallest absolute Gasteiger partial charge is 0.138 e. The van der Waals surface area contributed by atoms with E-state index in [1.165, 1.54) is 30.4 Å². The number of nitrogens with zero attached hydrogens (tertiary/aromatic N) is 3. The molecule has 3 aliphatic rings. The van der Waals surface area contributed by atoms with E-state index in [-0.39, 0.29) is 38.2 Å². The van der Waals surface area contributed by atoms with E-state index in [2.05, 4.69) is 107 Å². The zero-order valence-electron chi connectivity index (χ0n) is 27.3. The molecule has 5 nitrogen and oxygen atoms in total. The first kappa shape index (κ1) is 37.8. The van der Waals surface area contributed by atoms with Gasteiger partial charge >= 0.3 is 0 Å². The van der Waals surface area contributed by atoms with Gasteiger partial charge in [0.25, 0.3) is 0 Å². The summed E-state index contributed by atoms with van der Waals surface area (Å²) in [4.78, 5) is 4.82. The van der Waals surface area contributed by atoms with Crippen molar-refractivity contribution in [1.29, 1.82) is 0 Å². The summed E-state index contributed by atoms with van der Waals surface area (Å²) in [5.74, 6) is 0. The Morgan fingerprint density at radius 1 is 0.978 bits per heavy atom. The second-order valence-corrected chi connectivity index (χ2v) is 13.5. The summed E-state index contributed by atoms with van der Waals surface area (Å²) in [5.41, 5.74) is 8.93. The molecule has 0 amide bonds. The first-order valence-corrected chi connectivity index (χ1v) is 16.5. The summed E-state index contributed by atoms with van der Waals surface area (Å²) in [6.07, 6.45) is 11.7. The summed E-state index contributed by atoms with van der Waals surface area (Å²) in [7, 11) is 0. The first-order valence-electron chi connectivity index (χ1n) is 15.4. The first-order chi connectivity index (χ1) is 21.0. The number of aromatic nitrogens is 2. The fourth-order valence-corrected chi connectivity index (χ4v) is 5.41. The number of halogens is 2. The van der Waals surface area contributed by atoms with Crippen LogP contribution in [0.5, 0.6) is 0 Å². The molecule has 237 valence electrons. The van der Waals surface area contributed by atoms with Crippen LogP contribution in [0.15, 0.2) is 107 Å². The molecular weight excluding hydrogens is 723 g/mol. The Balaban J connectivity index is 0.000000284. The van der Waals surface area contributed by atoms with Crippen LogP contribution in [0.3, 0.4) is 0 Å². The molecule has 0 N–H and O–H groups in total. The van der Waals surface area contributed by atoms with Crippen LogP contribution in [-0.4, -0.2) is 34.6 Å². The molecule has 0 bridgehead atoms. The maximum atomic E-state index is 6.30. The molecule has 1 aliphatic heterocycles. The predicted molar refractivity (Wildman–Crippen MR) is 187 cm³/mol. The van der Waals surface area contributed by atoms with Crippen molar-refractivity contribution in [3.63, 3.8) is 0 Å². The number of hydroxylamine groups is 1. The van der Waals surface area contributed by atoms with E-state index < -0.39 is 5.54 Å². The fraction of sp³-hybridized carbons (Fsp3) is 0.378. The third kappa shape index (κ3) is 11.0. The van der Waals surface area contributed by atoms with Gasteiger partial charge in [-0.3, -0.25) is 4.68 Å². The van der Waals surface area contributed by atoms with E-state index in [1.54, 1.807) is 0 Å². The maximum Gasteiger partial charge on any atom is 0.138 e. The normalized spacial score (nSPS) is 16.1.